The van der Waals surface area contributed by atoms with E-state index in [1.54, 1.807) is 6.92 Å². The maximum atomic E-state index is 12.0. The van der Waals surface area contributed by atoms with Crippen LogP contribution in [0.2, 0.25) is 5.02 Å². The lowest BCUT2D eigenvalue weighted by Crippen LogP contribution is -2.38. The molecule has 0 saturated heterocycles. The Morgan fingerprint density at radius 2 is 2.00 bits per heavy atom. The molecule has 0 aliphatic heterocycles. The molecule has 0 heterocycles. The highest BCUT2D eigenvalue weighted by molar-refractivity contribution is 7.85. The minimum Gasteiger partial charge on any atom is -0.358 e. The van der Waals surface area contributed by atoms with Crippen LogP contribution < -0.4 is 11.1 Å². The van der Waals surface area contributed by atoms with Gasteiger partial charge in [0.1, 0.15) is 5.78 Å². The van der Waals surface area contributed by atoms with E-state index in [4.69, 9.17) is 21.9 Å². The van der Waals surface area contributed by atoms with Gasteiger partial charge >= 0.3 is 0 Å². The van der Waals surface area contributed by atoms with Gasteiger partial charge in [-0.05, 0) is 36.6 Å². The zero-order chi connectivity index (χ0) is 17.8. The zero-order valence-electron chi connectivity index (χ0n) is 12.8. The predicted octanol–water partition coefficient (Wildman–Crippen LogP) is 0.860. The van der Waals surface area contributed by atoms with Gasteiger partial charge in [-0.25, -0.2) is 0 Å². The topological polar surface area (TPSA) is 127 Å². The maximum Gasteiger partial charge on any atom is 0.294 e. The van der Waals surface area contributed by atoms with E-state index in [1.165, 1.54) is 13.1 Å². The molecule has 4 N–H and O–H groups in total. The van der Waals surface area contributed by atoms with Crippen molar-refractivity contribution >= 4 is 33.4 Å². The van der Waals surface area contributed by atoms with Gasteiger partial charge < -0.3 is 11.1 Å². The van der Waals surface area contributed by atoms with Gasteiger partial charge in [0.25, 0.3) is 10.1 Å². The van der Waals surface area contributed by atoms with Gasteiger partial charge in [0.15, 0.2) is 0 Å². The summed E-state index contributed by atoms with van der Waals surface area (Å²) in [6.45, 7) is 1.65. The number of carbonyl (C=O) groups excluding carboxylic acids is 2. The number of amides is 1. The molecule has 0 bridgehead atoms. The molecule has 0 aromatic heterocycles. The van der Waals surface area contributed by atoms with Gasteiger partial charge in [-0.15, -0.1) is 0 Å². The molecule has 1 aromatic carbocycles. The van der Waals surface area contributed by atoms with E-state index in [1.807, 2.05) is 0 Å². The summed E-state index contributed by atoms with van der Waals surface area (Å²) in [5.74, 6) is -0.568. The van der Waals surface area contributed by atoms with Gasteiger partial charge in [-0.2, -0.15) is 8.42 Å². The number of carbonyl (C=O) groups is 2. The molecule has 1 aromatic rings. The fraction of sp³-hybridized carbons (Fsp3) is 0.429. The molecule has 23 heavy (non-hydrogen) atoms. The highest BCUT2D eigenvalue weighted by Gasteiger charge is 2.18. The van der Waals surface area contributed by atoms with Gasteiger partial charge in [-0.1, -0.05) is 11.6 Å². The van der Waals surface area contributed by atoms with Crippen LogP contribution >= 0.6 is 11.6 Å². The molecular formula is C14H19ClN2O5S. The van der Waals surface area contributed by atoms with Crippen LogP contribution in [0, 0.1) is 6.92 Å². The lowest BCUT2D eigenvalue weighted by molar-refractivity contribution is -0.122. The highest BCUT2D eigenvalue weighted by atomic mass is 35.5. The van der Waals surface area contributed by atoms with Gasteiger partial charge in [0.2, 0.25) is 5.91 Å². The Morgan fingerprint density at radius 3 is 2.52 bits per heavy atom. The molecule has 128 valence electrons. The van der Waals surface area contributed by atoms with Crippen LogP contribution in [0.1, 0.15) is 24.0 Å². The van der Waals surface area contributed by atoms with Crippen molar-refractivity contribution in [2.24, 2.45) is 5.73 Å². The molecule has 0 saturated carbocycles. The summed E-state index contributed by atoms with van der Waals surface area (Å²) in [5, 5.41) is 2.54. The number of hydrogen-bond acceptors (Lipinski definition) is 5. The lowest BCUT2D eigenvalue weighted by atomic mass is 9.99. The number of nitrogens with two attached hydrogens (primary N) is 1. The van der Waals surface area contributed by atoms with Crippen molar-refractivity contribution < 1.29 is 22.6 Å². The Morgan fingerprint density at radius 1 is 1.39 bits per heavy atom. The minimum atomic E-state index is -4.41. The second-order valence-electron chi connectivity index (χ2n) is 5.14. The van der Waals surface area contributed by atoms with Crippen molar-refractivity contribution in [3.63, 3.8) is 0 Å². The fourth-order valence-electron chi connectivity index (χ4n) is 1.97. The van der Waals surface area contributed by atoms with Crippen molar-refractivity contribution in [3.8, 4) is 0 Å². The third-order valence-electron chi connectivity index (χ3n) is 3.43. The Bertz CT molecular complexity index is 718. The number of Topliss-reactive ketones (excluding diaryl/α,β-unsaturated/α-hetero) is 1. The maximum absolute atomic E-state index is 12.0. The summed E-state index contributed by atoms with van der Waals surface area (Å²) in [6.07, 6.45) is 0.195. The normalized spacial score (nSPS) is 12.7. The summed E-state index contributed by atoms with van der Waals surface area (Å²) in [4.78, 5) is 22.9. The fourth-order valence-corrected chi connectivity index (χ4v) is 2.84. The number of benzene rings is 1. The first-order valence-corrected chi connectivity index (χ1v) is 8.63. The van der Waals surface area contributed by atoms with E-state index < -0.39 is 16.2 Å². The van der Waals surface area contributed by atoms with Crippen molar-refractivity contribution in [1.29, 1.82) is 0 Å². The SMILES string of the molecule is CNC(=O)[C@@H](N)CCC(=O)Cc1cc(S(=O)(=O)O)cc(Cl)c1C. The first-order valence-electron chi connectivity index (χ1n) is 6.81. The summed E-state index contributed by atoms with van der Waals surface area (Å²) in [6, 6.07) is 1.56. The first-order chi connectivity index (χ1) is 10.6. The van der Waals surface area contributed by atoms with Crippen molar-refractivity contribution in [2.75, 3.05) is 7.05 Å². The minimum absolute atomic E-state index is 0.0601. The van der Waals surface area contributed by atoms with E-state index in [0.29, 0.717) is 11.1 Å². The second-order valence-corrected chi connectivity index (χ2v) is 6.97. The molecular weight excluding hydrogens is 344 g/mol. The summed E-state index contributed by atoms with van der Waals surface area (Å²) in [7, 11) is -2.95. The molecule has 1 atom stereocenters. The molecule has 0 fully saturated rings. The average Bonchev–Trinajstić information content (AvgIpc) is 2.47. The van der Waals surface area contributed by atoms with Crippen LogP contribution in [-0.2, 0) is 26.1 Å². The Kier molecular flexibility index (Phi) is 6.69. The number of rotatable bonds is 7. The van der Waals surface area contributed by atoms with Crippen molar-refractivity contribution in [3.05, 3.63) is 28.3 Å². The number of ketones is 1. The van der Waals surface area contributed by atoms with Crippen LogP contribution in [-0.4, -0.2) is 37.8 Å². The van der Waals surface area contributed by atoms with Crippen molar-refractivity contribution in [2.45, 2.75) is 37.1 Å². The third kappa shape index (κ3) is 5.58. The quantitative estimate of drug-likeness (QED) is 0.617. The zero-order valence-corrected chi connectivity index (χ0v) is 14.4. The average molecular weight is 363 g/mol. The lowest BCUT2D eigenvalue weighted by Gasteiger charge is -2.11. The number of hydrogen-bond donors (Lipinski definition) is 3. The number of nitrogens with one attached hydrogen (secondary N) is 1. The van der Waals surface area contributed by atoms with Gasteiger partial charge in [0.05, 0.1) is 10.9 Å². The van der Waals surface area contributed by atoms with Gasteiger partial charge in [0, 0.05) is 24.9 Å². The van der Waals surface area contributed by atoms with Crippen LogP contribution in [0.25, 0.3) is 0 Å². The third-order valence-corrected chi connectivity index (χ3v) is 4.65. The highest BCUT2D eigenvalue weighted by Crippen LogP contribution is 2.25. The van der Waals surface area contributed by atoms with Crippen LogP contribution in [0.5, 0.6) is 0 Å². The molecule has 1 rings (SSSR count). The molecule has 0 spiro atoms. The smallest absolute Gasteiger partial charge is 0.294 e. The summed E-state index contributed by atoms with van der Waals surface area (Å²) >= 11 is 5.94. The molecule has 7 nitrogen and oxygen atoms in total. The van der Waals surface area contributed by atoms with E-state index >= 15 is 0 Å². The Balaban J connectivity index is 2.86. The standard InChI is InChI=1S/C14H19ClN2O5S/c1-8-9(6-11(7-12(8)15)23(20,21)22)5-10(18)3-4-13(16)14(19)17-2/h6-7,13H,3-5,16H2,1-2H3,(H,17,19)(H,20,21,22)/t13-/m0/s1. The van der Waals surface area contributed by atoms with Crippen LogP contribution in [0.3, 0.4) is 0 Å². The Hall–Kier alpha value is -1.48. The first kappa shape index (κ1) is 19.6. The number of likely N-dealkylation sites (N-methyl/N-ethyl adjacent to an activating group) is 1. The monoisotopic (exact) mass is 362 g/mol. The summed E-state index contributed by atoms with van der Waals surface area (Å²) in [5.41, 5.74) is 6.57. The molecule has 1 amide bonds. The van der Waals surface area contributed by atoms with E-state index in [2.05, 4.69) is 5.32 Å². The molecule has 0 aliphatic rings. The van der Waals surface area contributed by atoms with Crippen molar-refractivity contribution in [1.82, 2.24) is 5.32 Å². The largest absolute Gasteiger partial charge is 0.358 e. The van der Waals surface area contributed by atoms with E-state index in [9.17, 15) is 18.0 Å². The van der Waals surface area contributed by atoms with E-state index in [-0.39, 0.29) is 40.9 Å². The molecule has 0 aliphatic carbocycles. The second kappa shape index (κ2) is 7.87. The van der Waals surface area contributed by atoms with E-state index in [0.717, 1.165) is 6.07 Å². The number of halogens is 1. The van der Waals surface area contributed by atoms with Crippen LogP contribution in [0.4, 0.5) is 0 Å². The summed E-state index contributed by atoms with van der Waals surface area (Å²) < 4.78 is 31.5. The van der Waals surface area contributed by atoms with Gasteiger partial charge in [-0.3, -0.25) is 14.1 Å². The van der Waals surface area contributed by atoms with Crippen LogP contribution in [0.15, 0.2) is 17.0 Å². The Labute approximate surface area is 139 Å². The molecule has 0 radical (unpaired) electrons. The molecule has 9 heteroatoms. The molecule has 0 unspecified atom stereocenters. The predicted molar refractivity (Wildman–Crippen MR) is 86.0 cm³/mol.